The molecule has 1 aromatic carbocycles. The third-order valence-corrected chi connectivity index (χ3v) is 4.70. The fourth-order valence-corrected chi connectivity index (χ4v) is 2.93. The smallest absolute Gasteiger partial charge is 0.409 e. The Balaban J connectivity index is 1.89. The molecule has 0 radical (unpaired) electrons. The van der Waals surface area contributed by atoms with Crippen molar-refractivity contribution >= 4 is 35.2 Å². The highest BCUT2D eigenvalue weighted by atomic mass is 35.5. The average Bonchev–Trinajstić information content (AvgIpc) is 2.65. The van der Waals surface area contributed by atoms with Crippen molar-refractivity contribution in [3.63, 3.8) is 0 Å². The molecule has 0 bridgehead atoms. The number of carbonyl (C=O) groups is 3. The summed E-state index contributed by atoms with van der Waals surface area (Å²) in [4.78, 5) is 37.7. The number of aryl methyl sites for hydroxylation is 1. The number of hydrogen-bond acceptors (Lipinski definition) is 5. The van der Waals surface area contributed by atoms with E-state index in [2.05, 4.69) is 10.6 Å². The SMILES string of the molecule is CCOC(=O)N1CCC(NC(=O)C(=O)Nc2cc(C)c(Cl)cc2OC)CC1. The van der Waals surface area contributed by atoms with Crippen molar-refractivity contribution in [2.45, 2.75) is 32.7 Å². The number of ether oxygens (including phenoxy) is 2. The molecule has 1 fully saturated rings. The van der Waals surface area contributed by atoms with Crippen molar-refractivity contribution in [3.8, 4) is 5.75 Å². The molecule has 0 saturated carbocycles. The van der Waals surface area contributed by atoms with Crippen LogP contribution in [0.2, 0.25) is 5.02 Å². The van der Waals surface area contributed by atoms with Gasteiger partial charge in [-0.25, -0.2) is 4.79 Å². The van der Waals surface area contributed by atoms with Gasteiger partial charge in [0.2, 0.25) is 0 Å². The molecule has 0 unspecified atom stereocenters. The monoisotopic (exact) mass is 397 g/mol. The van der Waals surface area contributed by atoms with E-state index in [0.29, 0.717) is 49.0 Å². The molecule has 8 nitrogen and oxygen atoms in total. The van der Waals surface area contributed by atoms with Crippen LogP contribution in [0, 0.1) is 6.92 Å². The van der Waals surface area contributed by atoms with Crippen LogP contribution >= 0.6 is 11.6 Å². The molecule has 27 heavy (non-hydrogen) atoms. The van der Waals surface area contributed by atoms with E-state index < -0.39 is 11.8 Å². The fourth-order valence-electron chi connectivity index (χ4n) is 2.78. The largest absolute Gasteiger partial charge is 0.495 e. The summed E-state index contributed by atoms with van der Waals surface area (Å²) in [6, 6.07) is 3.04. The Bertz CT molecular complexity index is 717. The van der Waals surface area contributed by atoms with Gasteiger partial charge in [0, 0.05) is 30.2 Å². The van der Waals surface area contributed by atoms with Gasteiger partial charge in [-0.15, -0.1) is 0 Å². The summed E-state index contributed by atoms with van der Waals surface area (Å²) in [5.41, 5.74) is 1.12. The van der Waals surface area contributed by atoms with Crippen LogP contribution in [0.1, 0.15) is 25.3 Å². The molecule has 148 valence electrons. The molecular weight excluding hydrogens is 374 g/mol. The molecule has 1 aromatic rings. The summed E-state index contributed by atoms with van der Waals surface area (Å²) in [7, 11) is 1.45. The minimum absolute atomic E-state index is 0.178. The van der Waals surface area contributed by atoms with Crippen LogP contribution in [0.4, 0.5) is 10.5 Å². The second kappa shape index (κ2) is 9.45. The Morgan fingerprint density at radius 2 is 1.89 bits per heavy atom. The molecule has 0 aromatic heterocycles. The molecule has 0 atom stereocenters. The second-order valence-corrected chi connectivity index (χ2v) is 6.60. The number of halogens is 1. The lowest BCUT2D eigenvalue weighted by atomic mass is 10.1. The molecule has 2 N–H and O–H groups in total. The van der Waals surface area contributed by atoms with Gasteiger partial charge in [0.25, 0.3) is 0 Å². The number of nitrogens with zero attached hydrogens (tertiary/aromatic N) is 1. The van der Waals surface area contributed by atoms with Crippen LogP contribution in [0.15, 0.2) is 12.1 Å². The summed E-state index contributed by atoms with van der Waals surface area (Å²) in [5, 5.41) is 5.74. The molecule has 1 aliphatic heterocycles. The maximum absolute atomic E-state index is 12.2. The lowest BCUT2D eigenvalue weighted by Crippen LogP contribution is -2.49. The van der Waals surface area contributed by atoms with E-state index in [9.17, 15) is 14.4 Å². The summed E-state index contributed by atoms with van der Waals surface area (Å²) in [5.74, 6) is -1.16. The molecule has 1 aliphatic rings. The maximum atomic E-state index is 12.2. The quantitative estimate of drug-likeness (QED) is 0.760. The van der Waals surface area contributed by atoms with Crippen LogP contribution < -0.4 is 15.4 Å². The number of nitrogens with one attached hydrogen (secondary N) is 2. The number of amides is 3. The van der Waals surface area contributed by atoms with E-state index in [0.717, 1.165) is 5.56 Å². The first-order valence-electron chi connectivity index (χ1n) is 8.73. The molecule has 0 spiro atoms. The number of carbonyl (C=O) groups excluding carboxylic acids is 3. The van der Waals surface area contributed by atoms with Crippen molar-refractivity contribution in [3.05, 3.63) is 22.7 Å². The minimum atomic E-state index is -0.789. The highest BCUT2D eigenvalue weighted by molar-refractivity contribution is 6.40. The van der Waals surface area contributed by atoms with Gasteiger partial charge in [-0.3, -0.25) is 9.59 Å². The van der Waals surface area contributed by atoms with Crippen molar-refractivity contribution in [1.82, 2.24) is 10.2 Å². The summed E-state index contributed by atoms with van der Waals surface area (Å²) < 4.78 is 10.1. The zero-order valence-corrected chi connectivity index (χ0v) is 16.4. The zero-order chi connectivity index (χ0) is 20.0. The maximum Gasteiger partial charge on any atom is 0.409 e. The summed E-state index contributed by atoms with van der Waals surface area (Å²) in [6.45, 7) is 4.80. The predicted molar refractivity (Wildman–Crippen MR) is 101 cm³/mol. The van der Waals surface area contributed by atoms with E-state index in [1.54, 1.807) is 30.9 Å². The Morgan fingerprint density at radius 3 is 2.48 bits per heavy atom. The van der Waals surface area contributed by atoms with Crippen LogP contribution in [0.5, 0.6) is 5.75 Å². The lowest BCUT2D eigenvalue weighted by Gasteiger charge is -2.31. The van der Waals surface area contributed by atoms with Gasteiger partial charge in [-0.1, -0.05) is 11.6 Å². The second-order valence-electron chi connectivity index (χ2n) is 6.19. The van der Waals surface area contributed by atoms with E-state index in [1.807, 2.05) is 0 Å². The van der Waals surface area contributed by atoms with E-state index >= 15 is 0 Å². The van der Waals surface area contributed by atoms with Gasteiger partial charge < -0.3 is 25.0 Å². The number of rotatable bonds is 4. The standard InChI is InChI=1S/C18H24ClN3O5/c1-4-27-18(25)22-7-5-12(6-8-22)20-16(23)17(24)21-14-9-11(2)13(19)10-15(14)26-3/h9-10,12H,4-8H2,1-3H3,(H,20,23)(H,21,24). The number of benzene rings is 1. The average molecular weight is 398 g/mol. The lowest BCUT2D eigenvalue weighted by molar-refractivity contribution is -0.136. The molecule has 1 saturated heterocycles. The van der Waals surface area contributed by atoms with Crippen molar-refractivity contribution in [2.24, 2.45) is 0 Å². The zero-order valence-electron chi connectivity index (χ0n) is 15.6. The number of methoxy groups -OCH3 is 1. The van der Waals surface area contributed by atoms with Crippen LogP contribution in [-0.2, 0) is 14.3 Å². The minimum Gasteiger partial charge on any atom is -0.495 e. The topological polar surface area (TPSA) is 97.0 Å². The Hall–Kier alpha value is -2.48. The van der Waals surface area contributed by atoms with Crippen LogP contribution in [0.3, 0.4) is 0 Å². The Kier molecular flexibility index (Phi) is 7.29. The van der Waals surface area contributed by atoms with Gasteiger partial charge >= 0.3 is 17.9 Å². The van der Waals surface area contributed by atoms with Gasteiger partial charge in [0.15, 0.2) is 0 Å². The van der Waals surface area contributed by atoms with Crippen LogP contribution in [0.25, 0.3) is 0 Å². The van der Waals surface area contributed by atoms with E-state index in [4.69, 9.17) is 21.1 Å². The molecule has 1 heterocycles. The fraction of sp³-hybridized carbons (Fsp3) is 0.500. The summed E-state index contributed by atoms with van der Waals surface area (Å²) >= 11 is 6.04. The van der Waals surface area contributed by atoms with Crippen molar-refractivity contribution < 1.29 is 23.9 Å². The highest BCUT2D eigenvalue weighted by Crippen LogP contribution is 2.30. The van der Waals surface area contributed by atoms with Crippen molar-refractivity contribution in [1.29, 1.82) is 0 Å². The number of likely N-dealkylation sites (tertiary alicyclic amines) is 1. The molecule has 3 amide bonds. The predicted octanol–water partition coefficient (Wildman–Crippen LogP) is 2.33. The number of hydrogen-bond donors (Lipinski definition) is 2. The third-order valence-electron chi connectivity index (χ3n) is 4.29. The van der Waals surface area contributed by atoms with Crippen molar-refractivity contribution in [2.75, 3.05) is 32.1 Å². The van der Waals surface area contributed by atoms with E-state index in [-0.39, 0.29) is 12.1 Å². The Morgan fingerprint density at radius 1 is 1.22 bits per heavy atom. The first-order chi connectivity index (χ1) is 12.8. The van der Waals surface area contributed by atoms with Gasteiger partial charge in [-0.05, 0) is 38.3 Å². The summed E-state index contributed by atoms with van der Waals surface area (Å²) in [6.07, 6.45) is 0.757. The van der Waals surface area contributed by atoms with Gasteiger partial charge in [0.05, 0.1) is 19.4 Å². The third kappa shape index (κ3) is 5.50. The molecule has 9 heteroatoms. The number of anilines is 1. The molecular formula is C18H24ClN3O5. The molecule has 2 rings (SSSR count). The van der Waals surface area contributed by atoms with Crippen LogP contribution in [-0.4, -0.2) is 55.7 Å². The normalized spacial score (nSPS) is 14.4. The first-order valence-corrected chi connectivity index (χ1v) is 9.11. The first kappa shape index (κ1) is 20.8. The highest BCUT2D eigenvalue weighted by Gasteiger charge is 2.26. The molecule has 0 aliphatic carbocycles. The van der Waals surface area contributed by atoms with E-state index in [1.165, 1.54) is 7.11 Å². The Labute approximate surface area is 163 Å². The number of piperidine rings is 1. The van der Waals surface area contributed by atoms with Gasteiger partial charge in [0.1, 0.15) is 5.75 Å². The van der Waals surface area contributed by atoms with Gasteiger partial charge in [-0.2, -0.15) is 0 Å².